The zero-order chi connectivity index (χ0) is 59.9. The number of allylic oxidation sites excluding steroid dienone is 25. The number of carbonyl (C=O) groups excluding carboxylic acids is 3. The molecule has 0 N–H and O–H groups in total. The van der Waals surface area contributed by atoms with Crippen LogP contribution in [0.3, 0.4) is 0 Å². The molecule has 0 saturated heterocycles. The van der Waals surface area contributed by atoms with Crippen LogP contribution in [0.1, 0.15) is 290 Å². The third-order valence-corrected chi connectivity index (χ3v) is 14.0. The minimum absolute atomic E-state index is 0.115. The van der Waals surface area contributed by atoms with Crippen LogP contribution in [0.4, 0.5) is 0 Å². The molecule has 0 aromatic carbocycles. The fourth-order valence-electron chi connectivity index (χ4n) is 9.02. The molecule has 0 spiro atoms. The number of unbranched alkanes of at least 4 members (excludes halogenated alkanes) is 24. The van der Waals surface area contributed by atoms with Crippen molar-refractivity contribution in [3.05, 3.63) is 158 Å². The van der Waals surface area contributed by atoms with Crippen molar-refractivity contribution in [3.63, 3.8) is 0 Å². The summed E-state index contributed by atoms with van der Waals surface area (Å²) in [5, 5.41) is 0. The van der Waals surface area contributed by atoms with Gasteiger partial charge in [-0.1, -0.05) is 301 Å². The van der Waals surface area contributed by atoms with Gasteiger partial charge in [0.05, 0.1) is 6.42 Å². The quantitative estimate of drug-likeness (QED) is 0.0261. The average molecular weight is 1150 g/mol. The summed E-state index contributed by atoms with van der Waals surface area (Å²) in [4.78, 5) is 38.3. The Labute approximate surface area is 511 Å². The fraction of sp³-hybridized carbons (Fsp3) is 0.623. The highest BCUT2D eigenvalue weighted by atomic mass is 16.6. The number of hydrogen-bond acceptors (Lipinski definition) is 6. The van der Waals surface area contributed by atoms with Crippen molar-refractivity contribution >= 4 is 17.9 Å². The van der Waals surface area contributed by atoms with Gasteiger partial charge < -0.3 is 14.2 Å². The van der Waals surface area contributed by atoms with Crippen LogP contribution in [0.25, 0.3) is 0 Å². The molecule has 0 heterocycles. The molecule has 83 heavy (non-hydrogen) atoms. The molecule has 0 saturated carbocycles. The molecule has 1 unspecified atom stereocenters. The SMILES string of the molecule is CC/C=C\C/C=C\C/C=C\C/C=C\C/C=C\C/C=C\CCCCCCCCCCCCCCC(=O)OCC(COC(=O)C/C=C\C/C=C\C/C=C\C/C=C\C/C=C\CC)OC(=O)CCCCCCCCCCC/C=C\C/C=C\CCCCC. The monoisotopic (exact) mass is 1140 g/mol. The molecule has 6 heteroatoms. The van der Waals surface area contributed by atoms with Crippen LogP contribution in [-0.4, -0.2) is 37.2 Å². The van der Waals surface area contributed by atoms with E-state index in [0.717, 1.165) is 116 Å². The van der Waals surface area contributed by atoms with Gasteiger partial charge in [-0.3, -0.25) is 14.4 Å². The van der Waals surface area contributed by atoms with Crippen molar-refractivity contribution < 1.29 is 28.6 Å². The standard InChI is InChI=1S/C77H124O6/c1-4-7-10-13-16-19-22-25-28-30-32-33-34-35-36-37-38-39-40-41-42-43-45-46-49-52-55-58-61-64-67-70-76(79)82-73-74(72-81-75(78)69-66-63-60-57-54-51-48-27-24-21-18-15-12-9-6-3)83-77(80)71-68-65-62-59-56-53-50-47-44-31-29-26-23-20-17-14-11-8-5-2/h7,9-10,12,16-21,25-29,32-33,35-36,38-39,48,54,57,63,66,74H,4-6,8,11,13-15,22-24,30-31,34,37,40-47,49-53,55-56,58-62,64-65,67-73H2,1-3H3/b10-7-,12-9-,19-16-,20-17-,21-18-,28-25-,29-26-,33-32-,36-35-,39-38-,48-27-,57-54-,66-63-. The first-order chi connectivity index (χ1) is 41.0. The van der Waals surface area contributed by atoms with E-state index in [2.05, 4.69) is 167 Å². The van der Waals surface area contributed by atoms with Gasteiger partial charge in [0.15, 0.2) is 6.10 Å². The molecule has 0 rings (SSSR count). The second-order valence-corrected chi connectivity index (χ2v) is 22.0. The molecule has 0 aliphatic heterocycles. The number of esters is 3. The van der Waals surface area contributed by atoms with Gasteiger partial charge in [-0.2, -0.15) is 0 Å². The highest BCUT2D eigenvalue weighted by Gasteiger charge is 2.19. The third kappa shape index (κ3) is 67.7. The molecule has 1 atom stereocenters. The highest BCUT2D eigenvalue weighted by molar-refractivity contribution is 5.72. The van der Waals surface area contributed by atoms with Crippen LogP contribution in [0.2, 0.25) is 0 Å². The van der Waals surface area contributed by atoms with Crippen LogP contribution in [-0.2, 0) is 28.6 Å². The predicted octanol–water partition coefficient (Wildman–Crippen LogP) is 23.7. The molecule has 0 aliphatic rings. The van der Waals surface area contributed by atoms with Crippen molar-refractivity contribution in [1.82, 2.24) is 0 Å². The molecule has 0 radical (unpaired) electrons. The van der Waals surface area contributed by atoms with Gasteiger partial charge in [-0.25, -0.2) is 0 Å². The van der Waals surface area contributed by atoms with E-state index in [0.29, 0.717) is 12.8 Å². The second-order valence-electron chi connectivity index (χ2n) is 22.0. The van der Waals surface area contributed by atoms with Crippen LogP contribution in [0.5, 0.6) is 0 Å². The minimum Gasteiger partial charge on any atom is -0.462 e. The smallest absolute Gasteiger partial charge is 0.309 e. The Morgan fingerprint density at radius 2 is 0.518 bits per heavy atom. The van der Waals surface area contributed by atoms with Gasteiger partial charge in [-0.05, 0) is 128 Å². The summed E-state index contributed by atoms with van der Waals surface area (Å²) in [6, 6.07) is 0. The average Bonchev–Trinajstić information content (AvgIpc) is 3.49. The van der Waals surface area contributed by atoms with Crippen molar-refractivity contribution in [1.29, 1.82) is 0 Å². The Morgan fingerprint density at radius 3 is 0.843 bits per heavy atom. The lowest BCUT2D eigenvalue weighted by Gasteiger charge is -2.18. The van der Waals surface area contributed by atoms with Crippen LogP contribution >= 0.6 is 0 Å². The maximum atomic E-state index is 12.9. The molecule has 0 bridgehead atoms. The van der Waals surface area contributed by atoms with E-state index in [1.807, 2.05) is 6.08 Å². The number of carbonyl (C=O) groups is 3. The summed E-state index contributed by atoms with van der Waals surface area (Å²) in [5.41, 5.74) is 0. The predicted molar refractivity (Wildman–Crippen MR) is 362 cm³/mol. The van der Waals surface area contributed by atoms with Crippen molar-refractivity contribution in [3.8, 4) is 0 Å². The highest BCUT2D eigenvalue weighted by Crippen LogP contribution is 2.16. The number of hydrogen-bond donors (Lipinski definition) is 0. The lowest BCUT2D eigenvalue weighted by Crippen LogP contribution is -2.30. The Bertz CT molecular complexity index is 1840. The van der Waals surface area contributed by atoms with Crippen molar-refractivity contribution in [2.75, 3.05) is 13.2 Å². The van der Waals surface area contributed by atoms with Gasteiger partial charge in [0.25, 0.3) is 0 Å². The largest absolute Gasteiger partial charge is 0.462 e. The van der Waals surface area contributed by atoms with E-state index in [-0.39, 0.29) is 31.6 Å². The van der Waals surface area contributed by atoms with E-state index in [1.54, 1.807) is 6.08 Å². The molecular formula is C77H124O6. The second kappa shape index (κ2) is 69.5. The number of rotatable bonds is 60. The Balaban J connectivity index is 4.37. The summed E-state index contributed by atoms with van der Waals surface area (Å²) < 4.78 is 16.8. The normalized spacial score (nSPS) is 13.1. The topological polar surface area (TPSA) is 78.9 Å². The van der Waals surface area contributed by atoms with Crippen molar-refractivity contribution in [2.24, 2.45) is 0 Å². The number of ether oxygens (including phenoxy) is 3. The summed E-state index contributed by atoms with van der Waals surface area (Å²) in [5.74, 6) is -1.05. The Kier molecular flexibility index (Phi) is 65.4. The zero-order valence-corrected chi connectivity index (χ0v) is 53.7. The Hall–Kier alpha value is -4.97. The molecule has 0 amide bonds. The van der Waals surface area contributed by atoms with E-state index in [9.17, 15) is 14.4 Å². The summed E-state index contributed by atoms with van der Waals surface area (Å²) in [6.07, 6.45) is 101. The van der Waals surface area contributed by atoms with E-state index in [1.165, 1.54) is 135 Å². The molecule has 0 fully saturated rings. The molecule has 6 nitrogen and oxygen atoms in total. The zero-order valence-electron chi connectivity index (χ0n) is 53.7. The van der Waals surface area contributed by atoms with Crippen LogP contribution < -0.4 is 0 Å². The molecule has 468 valence electrons. The van der Waals surface area contributed by atoms with E-state index < -0.39 is 12.1 Å². The lowest BCUT2D eigenvalue weighted by atomic mass is 10.0. The summed E-state index contributed by atoms with van der Waals surface area (Å²) in [6.45, 7) is 6.30. The minimum atomic E-state index is -0.829. The van der Waals surface area contributed by atoms with Crippen LogP contribution in [0, 0.1) is 0 Å². The van der Waals surface area contributed by atoms with Gasteiger partial charge in [0, 0.05) is 12.8 Å². The maximum absolute atomic E-state index is 12.9. The van der Waals surface area contributed by atoms with Gasteiger partial charge >= 0.3 is 17.9 Å². The molecule has 0 aromatic heterocycles. The first-order valence-corrected chi connectivity index (χ1v) is 34.0. The summed E-state index contributed by atoms with van der Waals surface area (Å²) in [7, 11) is 0. The van der Waals surface area contributed by atoms with Gasteiger partial charge in [-0.15, -0.1) is 0 Å². The van der Waals surface area contributed by atoms with E-state index >= 15 is 0 Å². The first kappa shape index (κ1) is 78.0. The van der Waals surface area contributed by atoms with Crippen LogP contribution in [0.15, 0.2) is 158 Å². The third-order valence-electron chi connectivity index (χ3n) is 14.0. The molecule has 0 aromatic rings. The Morgan fingerprint density at radius 1 is 0.265 bits per heavy atom. The lowest BCUT2D eigenvalue weighted by molar-refractivity contribution is -0.166. The van der Waals surface area contributed by atoms with Gasteiger partial charge in [0.2, 0.25) is 0 Å². The first-order valence-electron chi connectivity index (χ1n) is 34.0. The van der Waals surface area contributed by atoms with Gasteiger partial charge in [0.1, 0.15) is 13.2 Å². The maximum Gasteiger partial charge on any atom is 0.309 e. The molecular weight excluding hydrogens is 1020 g/mol. The molecule has 0 aliphatic carbocycles. The summed E-state index contributed by atoms with van der Waals surface area (Å²) >= 11 is 0. The van der Waals surface area contributed by atoms with E-state index in [4.69, 9.17) is 14.2 Å². The fourth-order valence-corrected chi connectivity index (χ4v) is 9.02. The van der Waals surface area contributed by atoms with Crippen molar-refractivity contribution in [2.45, 2.75) is 297 Å².